The van der Waals surface area contributed by atoms with Crippen molar-refractivity contribution < 1.29 is 19.4 Å². The fourth-order valence-electron chi connectivity index (χ4n) is 2.41. The molecule has 1 amide bonds. The highest BCUT2D eigenvalue weighted by molar-refractivity contribution is 7.11. The summed E-state index contributed by atoms with van der Waals surface area (Å²) in [5.41, 5.74) is 1.50. The number of aliphatic hydroxyl groups is 1. The number of benzene rings is 1. The van der Waals surface area contributed by atoms with Crippen molar-refractivity contribution >= 4 is 34.6 Å². The monoisotopic (exact) mass is 391 g/mol. The van der Waals surface area contributed by atoms with E-state index in [9.17, 15) is 14.7 Å². The number of rotatable bonds is 5. The molecule has 7 nitrogen and oxygen atoms in total. The number of anilines is 1. The third-order valence-corrected chi connectivity index (χ3v) is 4.82. The highest BCUT2D eigenvalue weighted by Gasteiger charge is 2.16. The van der Waals surface area contributed by atoms with Crippen LogP contribution in [-0.4, -0.2) is 33.8 Å². The Balaban J connectivity index is 2.26. The molecule has 8 heteroatoms. The molecule has 0 bridgehead atoms. The summed E-state index contributed by atoms with van der Waals surface area (Å²) in [5.74, 6) is -0.0254. The highest BCUT2D eigenvalue weighted by Crippen LogP contribution is 2.19. The molecule has 2 aromatic rings. The average molecular weight is 391 g/mol. The van der Waals surface area contributed by atoms with Gasteiger partial charge in [0.05, 0.1) is 17.2 Å². The van der Waals surface area contributed by atoms with E-state index >= 15 is 0 Å². The molecule has 1 heterocycles. The van der Waals surface area contributed by atoms with E-state index in [1.165, 1.54) is 18.3 Å². The van der Waals surface area contributed by atoms with Crippen molar-refractivity contribution in [1.82, 2.24) is 4.57 Å². The van der Waals surface area contributed by atoms with Crippen LogP contribution in [0.1, 0.15) is 43.1 Å². The van der Waals surface area contributed by atoms with Crippen molar-refractivity contribution in [3.05, 3.63) is 39.6 Å². The molecule has 146 valence electrons. The second-order valence-electron chi connectivity index (χ2n) is 7.02. The lowest BCUT2D eigenvalue weighted by molar-refractivity contribution is 0.0635. The van der Waals surface area contributed by atoms with Gasteiger partial charge in [-0.3, -0.25) is 10.1 Å². The van der Waals surface area contributed by atoms with Crippen LogP contribution in [0.2, 0.25) is 0 Å². The van der Waals surface area contributed by atoms with Crippen LogP contribution in [0.5, 0.6) is 0 Å². The van der Waals surface area contributed by atoms with Gasteiger partial charge in [0.2, 0.25) is 0 Å². The van der Waals surface area contributed by atoms with Crippen LogP contribution in [0.3, 0.4) is 0 Å². The Hall–Kier alpha value is -2.45. The van der Waals surface area contributed by atoms with Gasteiger partial charge in [0.1, 0.15) is 5.60 Å². The van der Waals surface area contributed by atoms with Gasteiger partial charge >= 0.3 is 6.09 Å². The van der Waals surface area contributed by atoms with Crippen molar-refractivity contribution in [3.8, 4) is 0 Å². The van der Waals surface area contributed by atoms with E-state index in [0.29, 0.717) is 27.6 Å². The first-order valence-electron chi connectivity index (χ1n) is 8.57. The minimum atomic E-state index is -0.564. The molecular formula is C19H25N3O4S. The molecular weight excluding hydrogens is 366 g/mol. The van der Waals surface area contributed by atoms with Crippen molar-refractivity contribution in [1.29, 1.82) is 0 Å². The number of carbonyl (C=O) groups is 2. The number of carbonyl (C=O) groups excluding carboxylic acids is 2. The van der Waals surface area contributed by atoms with Crippen LogP contribution in [-0.2, 0) is 11.3 Å². The number of aliphatic hydroxyl groups excluding tert-OH is 1. The standard InChI is InChI=1S/C19H25N3O4S/c1-12-16(13(2)24)27-17(22(12)10-11-23)20-14-6-8-15(9-7-14)21-18(25)26-19(3,4)5/h6-9,23H,10-11H2,1-5H3,(H,21,25). The zero-order valence-corrected chi connectivity index (χ0v) is 17.0. The predicted molar refractivity (Wildman–Crippen MR) is 106 cm³/mol. The average Bonchev–Trinajstić information content (AvgIpc) is 2.85. The molecule has 0 fully saturated rings. The summed E-state index contributed by atoms with van der Waals surface area (Å²) >= 11 is 1.30. The maximum Gasteiger partial charge on any atom is 0.412 e. The SMILES string of the molecule is CC(=O)c1sc(=Nc2ccc(NC(=O)OC(C)(C)C)cc2)n(CCO)c1C. The van der Waals surface area contributed by atoms with Crippen LogP contribution < -0.4 is 10.1 Å². The first-order valence-corrected chi connectivity index (χ1v) is 9.39. The molecule has 2 N–H and O–H groups in total. The Morgan fingerprint density at radius 3 is 2.41 bits per heavy atom. The molecule has 0 saturated heterocycles. The van der Waals surface area contributed by atoms with Gasteiger partial charge in [-0.2, -0.15) is 0 Å². The van der Waals surface area contributed by atoms with E-state index in [4.69, 9.17) is 4.74 Å². The normalized spacial score (nSPS) is 12.1. The van der Waals surface area contributed by atoms with E-state index in [2.05, 4.69) is 10.3 Å². The van der Waals surface area contributed by atoms with Gasteiger partial charge in [0.25, 0.3) is 0 Å². The molecule has 1 aromatic carbocycles. The number of ether oxygens (including phenoxy) is 1. The summed E-state index contributed by atoms with van der Waals surface area (Å²) in [4.78, 5) is 29.4. The maximum absolute atomic E-state index is 11.8. The summed E-state index contributed by atoms with van der Waals surface area (Å²) in [6.45, 7) is 9.09. The van der Waals surface area contributed by atoms with Crippen LogP contribution in [0.4, 0.5) is 16.2 Å². The summed E-state index contributed by atoms with van der Waals surface area (Å²) in [6, 6.07) is 6.98. The van der Waals surface area contributed by atoms with Gasteiger partial charge in [-0.1, -0.05) is 11.3 Å². The predicted octanol–water partition coefficient (Wildman–Crippen LogP) is 3.63. The molecule has 1 aromatic heterocycles. The maximum atomic E-state index is 11.8. The fraction of sp³-hybridized carbons (Fsp3) is 0.421. The highest BCUT2D eigenvalue weighted by atomic mass is 32.1. The van der Waals surface area contributed by atoms with Gasteiger partial charge in [0, 0.05) is 24.8 Å². The summed E-state index contributed by atoms with van der Waals surface area (Å²) in [6.07, 6.45) is -0.520. The number of amides is 1. The van der Waals surface area contributed by atoms with Crippen LogP contribution in [0.15, 0.2) is 29.3 Å². The number of Topliss-reactive ketones (excluding diaryl/α,β-unsaturated/α-hetero) is 1. The molecule has 0 aliphatic rings. The van der Waals surface area contributed by atoms with E-state index in [1.54, 1.807) is 45.0 Å². The first kappa shape index (κ1) is 20.9. The number of hydrogen-bond donors (Lipinski definition) is 2. The summed E-state index contributed by atoms with van der Waals surface area (Å²) < 4.78 is 7.05. The topological polar surface area (TPSA) is 92.9 Å². The van der Waals surface area contributed by atoms with Gasteiger partial charge in [0.15, 0.2) is 10.6 Å². The van der Waals surface area contributed by atoms with Crippen LogP contribution >= 0.6 is 11.3 Å². The Morgan fingerprint density at radius 1 is 1.26 bits per heavy atom. The van der Waals surface area contributed by atoms with Crippen molar-refractivity contribution in [2.45, 2.75) is 46.8 Å². The lowest BCUT2D eigenvalue weighted by Gasteiger charge is -2.19. The Bertz CT molecular complexity index is 889. The number of ketones is 1. The second-order valence-corrected chi connectivity index (χ2v) is 7.99. The smallest absolute Gasteiger partial charge is 0.412 e. The number of nitrogens with one attached hydrogen (secondary N) is 1. The first-order chi connectivity index (χ1) is 12.6. The minimum Gasteiger partial charge on any atom is -0.444 e. The Labute approximate surface area is 162 Å². The van der Waals surface area contributed by atoms with E-state index < -0.39 is 11.7 Å². The molecule has 0 saturated carbocycles. The minimum absolute atomic E-state index is 0.0254. The van der Waals surface area contributed by atoms with E-state index in [1.807, 2.05) is 11.5 Å². The van der Waals surface area contributed by atoms with E-state index in [-0.39, 0.29) is 12.4 Å². The van der Waals surface area contributed by atoms with Crippen molar-refractivity contribution in [3.63, 3.8) is 0 Å². The van der Waals surface area contributed by atoms with Crippen LogP contribution in [0, 0.1) is 6.92 Å². The molecule has 0 radical (unpaired) electrons. The molecule has 0 aliphatic heterocycles. The van der Waals surface area contributed by atoms with Gasteiger partial charge < -0.3 is 14.4 Å². The van der Waals surface area contributed by atoms with Crippen molar-refractivity contribution in [2.75, 3.05) is 11.9 Å². The molecule has 0 aliphatic carbocycles. The summed E-state index contributed by atoms with van der Waals surface area (Å²) in [7, 11) is 0. The van der Waals surface area contributed by atoms with E-state index in [0.717, 1.165) is 5.69 Å². The lowest BCUT2D eigenvalue weighted by atomic mass is 10.2. The quantitative estimate of drug-likeness (QED) is 0.761. The molecule has 27 heavy (non-hydrogen) atoms. The van der Waals surface area contributed by atoms with Crippen molar-refractivity contribution in [2.24, 2.45) is 4.99 Å². The number of aromatic nitrogens is 1. The number of hydrogen-bond acceptors (Lipinski definition) is 6. The molecule has 0 unspecified atom stereocenters. The molecule has 0 atom stereocenters. The third kappa shape index (κ3) is 5.77. The van der Waals surface area contributed by atoms with Gasteiger partial charge in [-0.25, -0.2) is 9.79 Å². The fourth-order valence-corrected chi connectivity index (χ4v) is 3.48. The number of nitrogens with zero attached hydrogens (tertiary/aromatic N) is 2. The Morgan fingerprint density at radius 2 is 1.89 bits per heavy atom. The van der Waals surface area contributed by atoms with Gasteiger partial charge in [-0.05, 0) is 52.0 Å². The largest absolute Gasteiger partial charge is 0.444 e. The molecule has 2 rings (SSSR count). The number of thiazole rings is 1. The van der Waals surface area contributed by atoms with Gasteiger partial charge in [-0.15, -0.1) is 0 Å². The summed E-state index contributed by atoms with van der Waals surface area (Å²) in [5, 5.41) is 12.0. The Kier molecular flexibility index (Phi) is 6.56. The third-order valence-electron chi connectivity index (χ3n) is 3.54. The molecule has 0 spiro atoms. The van der Waals surface area contributed by atoms with Crippen LogP contribution in [0.25, 0.3) is 0 Å². The lowest BCUT2D eigenvalue weighted by Crippen LogP contribution is -2.27. The second kappa shape index (κ2) is 8.49. The zero-order valence-electron chi connectivity index (χ0n) is 16.2. The zero-order chi connectivity index (χ0) is 20.2.